The summed E-state index contributed by atoms with van der Waals surface area (Å²) in [6.45, 7) is 2.91. The van der Waals surface area contributed by atoms with Gasteiger partial charge in [-0.1, -0.05) is 46.9 Å². The van der Waals surface area contributed by atoms with Gasteiger partial charge in [-0.15, -0.1) is 11.3 Å². The van der Waals surface area contributed by atoms with E-state index in [0.717, 1.165) is 32.9 Å². The first kappa shape index (κ1) is 25.7. The van der Waals surface area contributed by atoms with E-state index in [2.05, 4.69) is 54.7 Å². The van der Waals surface area contributed by atoms with Crippen molar-refractivity contribution in [3.8, 4) is 22.1 Å². The van der Waals surface area contributed by atoms with Crippen LogP contribution in [0.25, 0.3) is 20.8 Å². The molecule has 0 amide bonds. The molecule has 1 N–H and O–H groups in total. The molecule has 0 radical (unpaired) electrons. The van der Waals surface area contributed by atoms with E-state index >= 15 is 0 Å². The van der Waals surface area contributed by atoms with Crippen molar-refractivity contribution in [1.82, 2.24) is 4.98 Å². The van der Waals surface area contributed by atoms with Gasteiger partial charge in [0.05, 0.1) is 22.3 Å². The van der Waals surface area contributed by atoms with Gasteiger partial charge in [0.1, 0.15) is 11.6 Å². The summed E-state index contributed by atoms with van der Waals surface area (Å²) in [6, 6.07) is 23.7. The molecule has 0 unspecified atom stereocenters. The van der Waals surface area contributed by atoms with E-state index in [0.29, 0.717) is 33.1 Å². The summed E-state index contributed by atoms with van der Waals surface area (Å²) in [5.41, 5.74) is 6.13. The number of fused-ring (bicyclic) bond motifs is 1. The molecule has 1 heterocycles. The zero-order valence-electron chi connectivity index (χ0n) is 20.1. The molecule has 0 aliphatic rings. The lowest BCUT2D eigenvalue weighted by atomic mass is 10.1. The van der Waals surface area contributed by atoms with Crippen LogP contribution in [0.1, 0.15) is 16.7 Å². The van der Waals surface area contributed by atoms with Gasteiger partial charge in [0.2, 0.25) is 0 Å². The van der Waals surface area contributed by atoms with Gasteiger partial charge in [-0.3, -0.25) is 0 Å². The average molecular weight is 570 g/mol. The number of hydrogen-bond acceptors (Lipinski definition) is 5. The smallest absolute Gasteiger partial charge is 0.180 e. The van der Waals surface area contributed by atoms with Crippen molar-refractivity contribution in [2.75, 3.05) is 12.4 Å². The number of anilines is 1. The van der Waals surface area contributed by atoms with E-state index < -0.39 is 0 Å². The highest BCUT2D eigenvalue weighted by Crippen LogP contribution is 2.38. The Labute approximate surface area is 234 Å². The standard InChI is InChI=1S/C29H23Cl3N2O2S/c1-17-3-10-25-27(11-17)37-29(34-25)19-5-8-22(9-6-19)33-15-18-12-24(32)28(26(13-18)35-2)36-16-20-4-7-21(30)14-23(20)31/h3-14,33H,15-16H2,1-2H3. The number of methoxy groups -OCH3 is 1. The Kier molecular flexibility index (Phi) is 7.77. The molecular weight excluding hydrogens is 547 g/mol. The van der Waals surface area contributed by atoms with Gasteiger partial charge in [-0.05, 0) is 78.7 Å². The third-order valence-corrected chi connectivity index (χ3v) is 7.78. The zero-order chi connectivity index (χ0) is 25.9. The van der Waals surface area contributed by atoms with Gasteiger partial charge < -0.3 is 14.8 Å². The van der Waals surface area contributed by atoms with E-state index in [1.807, 2.05) is 18.2 Å². The third kappa shape index (κ3) is 5.97. The summed E-state index contributed by atoms with van der Waals surface area (Å²) < 4.78 is 12.7. The lowest BCUT2D eigenvalue weighted by molar-refractivity contribution is 0.284. The Morgan fingerprint density at radius 3 is 2.46 bits per heavy atom. The molecule has 0 fully saturated rings. The normalized spacial score (nSPS) is 11.1. The molecule has 0 saturated carbocycles. The van der Waals surface area contributed by atoms with Crippen LogP contribution in [0.5, 0.6) is 11.5 Å². The molecule has 0 bridgehead atoms. The minimum Gasteiger partial charge on any atom is -0.493 e. The van der Waals surface area contributed by atoms with Gasteiger partial charge in [0.15, 0.2) is 11.5 Å². The number of thiazole rings is 1. The first-order chi connectivity index (χ1) is 17.9. The van der Waals surface area contributed by atoms with E-state index in [4.69, 9.17) is 49.3 Å². The highest BCUT2D eigenvalue weighted by molar-refractivity contribution is 7.21. The van der Waals surface area contributed by atoms with Crippen molar-refractivity contribution >= 4 is 62.0 Å². The van der Waals surface area contributed by atoms with Crippen LogP contribution in [0.2, 0.25) is 15.1 Å². The average Bonchev–Trinajstić information content (AvgIpc) is 3.31. The van der Waals surface area contributed by atoms with Gasteiger partial charge in [0, 0.05) is 33.4 Å². The fourth-order valence-corrected chi connectivity index (χ4v) is 5.71. The number of aromatic nitrogens is 1. The molecule has 0 aliphatic carbocycles. The Balaban J connectivity index is 1.25. The number of aryl methyl sites for hydroxylation is 1. The molecule has 0 aliphatic heterocycles. The topological polar surface area (TPSA) is 43.4 Å². The minimum absolute atomic E-state index is 0.240. The van der Waals surface area contributed by atoms with Crippen molar-refractivity contribution in [3.05, 3.63) is 105 Å². The second kappa shape index (κ2) is 11.2. The van der Waals surface area contributed by atoms with Crippen LogP contribution < -0.4 is 14.8 Å². The van der Waals surface area contributed by atoms with Gasteiger partial charge in [-0.25, -0.2) is 4.98 Å². The SMILES string of the molecule is COc1cc(CNc2ccc(-c3nc4ccc(C)cc4s3)cc2)cc(Cl)c1OCc1ccc(Cl)cc1Cl. The number of nitrogens with zero attached hydrogens (tertiary/aromatic N) is 1. The molecule has 188 valence electrons. The molecule has 0 atom stereocenters. The number of halogens is 3. The first-order valence-electron chi connectivity index (χ1n) is 11.5. The summed E-state index contributed by atoms with van der Waals surface area (Å²) in [5, 5.41) is 6.02. The maximum absolute atomic E-state index is 6.57. The van der Waals surface area contributed by atoms with Gasteiger partial charge in [0.25, 0.3) is 0 Å². The number of rotatable bonds is 8. The molecule has 8 heteroatoms. The molecular formula is C29H23Cl3N2O2S. The summed E-state index contributed by atoms with van der Waals surface area (Å²) in [5.74, 6) is 1.02. The molecule has 4 aromatic carbocycles. The van der Waals surface area contributed by atoms with E-state index in [1.54, 1.807) is 30.6 Å². The van der Waals surface area contributed by atoms with Crippen molar-refractivity contribution < 1.29 is 9.47 Å². The number of ether oxygens (including phenoxy) is 2. The number of nitrogens with one attached hydrogen (secondary N) is 1. The van der Waals surface area contributed by atoms with Crippen molar-refractivity contribution in [2.24, 2.45) is 0 Å². The number of hydrogen-bond donors (Lipinski definition) is 1. The Bertz CT molecular complexity index is 1570. The summed E-state index contributed by atoms with van der Waals surface area (Å²) in [4.78, 5) is 4.77. The molecule has 37 heavy (non-hydrogen) atoms. The quantitative estimate of drug-likeness (QED) is 0.202. The summed E-state index contributed by atoms with van der Waals surface area (Å²) >= 11 is 20.5. The monoisotopic (exact) mass is 568 g/mol. The highest BCUT2D eigenvalue weighted by Gasteiger charge is 2.14. The van der Waals surface area contributed by atoms with E-state index in [-0.39, 0.29) is 6.61 Å². The molecule has 4 nitrogen and oxygen atoms in total. The maximum Gasteiger partial charge on any atom is 0.180 e. The predicted molar refractivity (Wildman–Crippen MR) is 156 cm³/mol. The zero-order valence-corrected chi connectivity index (χ0v) is 23.2. The minimum atomic E-state index is 0.240. The van der Waals surface area contributed by atoms with Crippen LogP contribution in [-0.2, 0) is 13.2 Å². The molecule has 5 rings (SSSR count). The van der Waals surface area contributed by atoms with Crippen LogP contribution in [0.3, 0.4) is 0 Å². The van der Waals surface area contributed by atoms with E-state index in [1.165, 1.54) is 10.3 Å². The van der Waals surface area contributed by atoms with Gasteiger partial charge in [-0.2, -0.15) is 0 Å². The first-order valence-corrected chi connectivity index (χ1v) is 13.5. The van der Waals surface area contributed by atoms with Gasteiger partial charge >= 0.3 is 0 Å². The molecule has 5 aromatic rings. The Hall–Kier alpha value is -2.96. The summed E-state index contributed by atoms with van der Waals surface area (Å²) in [6.07, 6.45) is 0. The van der Waals surface area contributed by atoms with Crippen LogP contribution >= 0.6 is 46.1 Å². The maximum atomic E-state index is 6.57. The van der Waals surface area contributed by atoms with Crippen LogP contribution in [0.4, 0.5) is 5.69 Å². The van der Waals surface area contributed by atoms with Crippen LogP contribution in [0, 0.1) is 6.92 Å². The second-order valence-corrected chi connectivity index (χ2v) is 10.8. The molecule has 0 spiro atoms. The van der Waals surface area contributed by atoms with Crippen molar-refractivity contribution in [2.45, 2.75) is 20.1 Å². The Morgan fingerprint density at radius 1 is 0.892 bits per heavy atom. The van der Waals surface area contributed by atoms with Crippen LogP contribution in [0.15, 0.2) is 72.8 Å². The van der Waals surface area contributed by atoms with E-state index in [9.17, 15) is 0 Å². The summed E-state index contributed by atoms with van der Waals surface area (Å²) in [7, 11) is 1.59. The third-order valence-electron chi connectivity index (χ3n) is 5.85. The van der Waals surface area contributed by atoms with Crippen molar-refractivity contribution in [3.63, 3.8) is 0 Å². The number of benzene rings is 4. The fourth-order valence-electron chi connectivity index (χ4n) is 3.89. The largest absolute Gasteiger partial charge is 0.493 e. The molecule has 1 aromatic heterocycles. The van der Waals surface area contributed by atoms with Crippen molar-refractivity contribution in [1.29, 1.82) is 0 Å². The fraction of sp³-hybridized carbons (Fsp3) is 0.138. The predicted octanol–water partition coefficient (Wildman–Crippen LogP) is 9.43. The second-order valence-electron chi connectivity index (χ2n) is 8.55. The highest BCUT2D eigenvalue weighted by atomic mass is 35.5. The lowest BCUT2D eigenvalue weighted by Gasteiger charge is -2.15. The Morgan fingerprint density at radius 2 is 1.70 bits per heavy atom. The lowest BCUT2D eigenvalue weighted by Crippen LogP contribution is -2.03. The van der Waals surface area contributed by atoms with Crippen LogP contribution in [-0.4, -0.2) is 12.1 Å². The molecule has 0 saturated heterocycles.